The fourth-order valence-corrected chi connectivity index (χ4v) is 2.66. The van der Waals surface area contributed by atoms with Crippen molar-refractivity contribution in [1.29, 1.82) is 0 Å². The number of rotatable bonds is 7. The van der Waals surface area contributed by atoms with Gasteiger partial charge in [0.1, 0.15) is 11.5 Å². The highest BCUT2D eigenvalue weighted by molar-refractivity contribution is 5.92. The maximum atomic E-state index is 12.3. The zero-order chi connectivity index (χ0) is 20.8. The number of nitrogens with zero attached hydrogens (tertiary/aromatic N) is 2. The van der Waals surface area contributed by atoms with Crippen LogP contribution in [0.2, 0.25) is 0 Å². The third-order valence-electron chi connectivity index (χ3n) is 4.13. The van der Waals surface area contributed by atoms with Crippen LogP contribution in [0.5, 0.6) is 17.4 Å². The molecule has 0 aliphatic heterocycles. The number of hydrogen-bond acceptors (Lipinski definition) is 6. The smallest absolute Gasteiger partial charge is 0.262 e. The second kappa shape index (κ2) is 9.05. The number of carbonyl (C=O) groups excluding carboxylic acids is 1. The molecule has 7 heteroatoms. The third-order valence-corrected chi connectivity index (χ3v) is 4.13. The molecule has 0 unspecified atom stereocenters. The van der Waals surface area contributed by atoms with Gasteiger partial charge in [-0.2, -0.15) is 4.98 Å². The summed E-state index contributed by atoms with van der Waals surface area (Å²) in [6.45, 7) is 3.68. The van der Waals surface area contributed by atoms with Gasteiger partial charge in [0.05, 0.1) is 14.2 Å². The van der Waals surface area contributed by atoms with Crippen molar-refractivity contribution >= 4 is 11.6 Å². The fraction of sp³-hybridized carbons (Fsp3) is 0.227. The van der Waals surface area contributed by atoms with Crippen molar-refractivity contribution in [2.24, 2.45) is 0 Å². The van der Waals surface area contributed by atoms with Crippen LogP contribution in [0, 0.1) is 13.8 Å². The lowest BCUT2D eigenvalue weighted by Crippen LogP contribution is -2.20. The molecule has 0 aliphatic carbocycles. The van der Waals surface area contributed by atoms with Gasteiger partial charge in [-0.1, -0.05) is 29.8 Å². The highest BCUT2D eigenvalue weighted by atomic mass is 16.5. The number of hydrogen-bond donors (Lipinski definition) is 1. The summed E-state index contributed by atoms with van der Waals surface area (Å²) >= 11 is 0. The predicted molar refractivity (Wildman–Crippen MR) is 111 cm³/mol. The lowest BCUT2D eigenvalue weighted by atomic mass is 10.1. The van der Waals surface area contributed by atoms with Gasteiger partial charge in [0.25, 0.3) is 5.91 Å². The van der Waals surface area contributed by atoms with Gasteiger partial charge in [0.2, 0.25) is 5.88 Å². The topological polar surface area (TPSA) is 82.6 Å². The first-order valence-electron chi connectivity index (χ1n) is 9.05. The standard InChI is InChI=1S/C22H23N3O4/c1-14-5-7-16(8-6-14)22-23-15(2)9-21(25-22)29-13-20(26)24-17-10-18(27-3)12-19(11-17)28-4/h5-12H,13H2,1-4H3,(H,24,26). The molecule has 0 spiro atoms. The molecule has 1 aromatic heterocycles. The molecular formula is C22H23N3O4. The lowest BCUT2D eigenvalue weighted by Gasteiger charge is -2.11. The summed E-state index contributed by atoms with van der Waals surface area (Å²) in [5.74, 6) is 1.72. The van der Waals surface area contributed by atoms with Gasteiger partial charge in [-0.05, 0) is 13.8 Å². The number of ether oxygens (including phenoxy) is 3. The van der Waals surface area contributed by atoms with Crippen molar-refractivity contribution in [1.82, 2.24) is 9.97 Å². The second-order valence-corrected chi connectivity index (χ2v) is 6.48. The van der Waals surface area contributed by atoms with E-state index in [1.54, 1.807) is 38.5 Å². The van der Waals surface area contributed by atoms with Gasteiger partial charge in [0, 0.05) is 41.2 Å². The van der Waals surface area contributed by atoms with Crippen molar-refractivity contribution in [3.05, 3.63) is 59.8 Å². The molecule has 2 aromatic carbocycles. The van der Waals surface area contributed by atoms with E-state index in [1.807, 2.05) is 38.1 Å². The van der Waals surface area contributed by atoms with Crippen LogP contribution in [0.4, 0.5) is 5.69 Å². The normalized spacial score (nSPS) is 10.3. The second-order valence-electron chi connectivity index (χ2n) is 6.48. The van der Waals surface area contributed by atoms with Crippen LogP contribution in [0.15, 0.2) is 48.5 Å². The molecule has 3 rings (SSSR count). The van der Waals surface area contributed by atoms with E-state index in [9.17, 15) is 4.79 Å². The summed E-state index contributed by atoms with van der Waals surface area (Å²) < 4.78 is 16.0. The summed E-state index contributed by atoms with van der Waals surface area (Å²) in [7, 11) is 3.10. The van der Waals surface area contributed by atoms with E-state index in [-0.39, 0.29) is 12.5 Å². The molecule has 150 valence electrons. The molecule has 0 bridgehead atoms. The quantitative estimate of drug-likeness (QED) is 0.658. The number of carbonyl (C=O) groups is 1. The first-order chi connectivity index (χ1) is 14.0. The van der Waals surface area contributed by atoms with Crippen molar-refractivity contribution in [2.75, 3.05) is 26.1 Å². The van der Waals surface area contributed by atoms with Crippen LogP contribution < -0.4 is 19.5 Å². The van der Waals surface area contributed by atoms with Gasteiger partial charge < -0.3 is 19.5 Å². The van der Waals surface area contributed by atoms with Gasteiger partial charge in [-0.25, -0.2) is 4.98 Å². The summed E-state index contributed by atoms with van der Waals surface area (Å²) in [4.78, 5) is 21.2. The minimum atomic E-state index is -0.326. The Morgan fingerprint density at radius 1 is 0.931 bits per heavy atom. The first-order valence-corrected chi connectivity index (χ1v) is 9.05. The van der Waals surface area contributed by atoms with E-state index in [0.717, 1.165) is 16.8 Å². The Balaban J connectivity index is 1.68. The number of anilines is 1. The van der Waals surface area contributed by atoms with Gasteiger partial charge in [-0.3, -0.25) is 4.79 Å². The van der Waals surface area contributed by atoms with Crippen molar-refractivity contribution in [3.63, 3.8) is 0 Å². The summed E-state index contributed by atoms with van der Waals surface area (Å²) in [5.41, 5.74) is 3.35. The Morgan fingerprint density at radius 3 is 2.21 bits per heavy atom. The Bertz CT molecular complexity index is 981. The van der Waals surface area contributed by atoms with Crippen molar-refractivity contribution in [2.45, 2.75) is 13.8 Å². The Morgan fingerprint density at radius 2 is 1.59 bits per heavy atom. The number of amides is 1. The highest BCUT2D eigenvalue weighted by Gasteiger charge is 2.10. The van der Waals surface area contributed by atoms with Crippen molar-refractivity contribution < 1.29 is 19.0 Å². The fourth-order valence-electron chi connectivity index (χ4n) is 2.66. The van der Waals surface area contributed by atoms with Crippen molar-refractivity contribution in [3.8, 4) is 28.8 Å². The minimum absolute atomic E-state index is 0.191. The molecule has 0 radical (unpaired) electrons. The number of methoxy groups -OCH3 is 2. The lowest BCUT2D eigenvalue weighted by molar-refractivity contribution is -0.118. The molecule has 0 saturated heterocycles. The number of aromatic nitrogens is 2. The van der Waals surface area contributed by atoms with Crippen LogP contribution in [-0.4, -0.2) is 36.7 Å². The summed E-state index contributed by atoms with van der Waals surface area (Å²) in [5, 5.41) is 2.76. The summed E-state index contributed by atoms with van der Waals surface area (Å²) in [6, 6.07) is 14.7. The SMILES string of the molecule is COc1cc(NC(=O)COc2cc(C)nc(-c3ccc(C)cc3)n2)cc(OC)c1. The predicted octanol–water partition coefficient (Wildman–Crippen LogP) is 3.80. The minimum Gasteiger partial charge on any atom is -0.497 e. The van der Waals surface area contributed by atoms with Crippen LogP contribution in [0.25, 0.3) is 11.4 Å². The van der Waals surface area contributed by atoms with Gasteiger partial charge >= 0.3 is 0 Å². The van der Waals surface area contributed by atoms with Crippen LogP contribution in [-0.2, 0) is 4.79 Å². The Hall–Kier alpha value is -3.61. The molecule has 0 fully saturated rings. The maximum Gasteiger partial charge on any atom is 0.262 e. The van der Waals surface area contributed by atoms with Crippen LogP contribution in [0.3, 0.4) is 0 Å². The average molecular weight is 393 g/mol. The Kier molecular flexibility index (Phi) is 6.29. The van der Waals surface area contributed by atoms with E-state index in [1.165, 1.54) is 0 Å². The van der Waals surface area contributed by atoms with E-state index in [4.69, 9.17) is 14.2 Å². The van der Waals surface area contributed by atoms with Crippen LogP contribution in [0.1, 0.15) is 11.3 Å². The zero-order valence-corrected chi connectivity index (χ0v) is 16.9. The molecular weight excluding hydrogens is 370 g/mol. The highest BCUT2D eigenvalue weighted by Crippen LogP contribution is 2.26. The molecule has 1 heterocycles. The largest absolute Gasteiger partial charge is 0.497 e. The van der Waals surface area contributed by atoms with E-state index >= 15 is 0 Å². The monoisotopic (exact) mass is 393 g/mol. The van der Waals surface area contributed by atoms with E-state index in [0.29, 0.717) is 28.9 Å². The van der Waals surface area contributed by atoms with Gasteiger partial charge in [0.15, 0.2) is 12.4 Å². The van der Waals surface area contributed by atoms with Gasteiger partial charge in [-0.15, -0.1) is 0 Å². The molecule has 0 saturated carbocycles. The number of aryl methyl sites for hydroxylation is 2. The molecule has 7 nitrogen and oxygen atoms in total. The molecule has 0 atom stereocenters. The zero-order valence-electron chi connectivity index (χ0n) is 16.9. The Labute approximate surface area is 169 Å². The molecule has 1 amide bonds. The number of nitrogens with one attached hydrogen (secondary N) is 1. The molecule has 0 aliphatic rings. The van der Waals surface area contributed by atoms with Crippen LogP contribution >= 0.6 is 0 Å². The average Bonchev–Trinajstić information content (AvgIpc) is 2.72. The molecule has 1 N–H and O–H groups in total. The molecule has 3 aromatic rings. The maximum absolute atomic E-state index is 12.3. The first kappa shape index (κ1) is 20.1. The third kappa shape index (κ3) is 5.44. The summed E-state index contributed by atoms with van der Waals surface area (Å²) in [6.07, 6.45) is 0. The molecule has 29 heavy (non-hydrogen) atoms. The van der Waals surface area contributed by atoms with E-state index in [2.05, 4.69) is 15.3 Å². The number of benzene rings is 2. The van der Waals surface area contributed by atoms with E-state index < -0.39 is 0 Å².